The van der Waals surface area contributed by atoms with E-state index in [1.165, 1.54) is 9.69 Å². The molecule has 1 aromatic heterocycles. The summed E-state index contributed by atoms with van der Waals surface area (Å²) < 4.78 is 6.51. The lowest BCUT2D eigenvalue weighted by atomic mass is 9.95. The second-order valence-corrected chi connectivity index (χ2v) is 6.86. The Morgan fingerprint density at radius 2 is 1.90 bits per heavy atom. The monoisotopic (exact) mass is 412 g/mol. The zero-order chi connectivity index (χ0) is 20.4. The standard InChI is InChI=1S/C19H17ClN6O3/c1-29-14-9-7-12(8-10-14)17-16(20)19(28)26(17)22-15(27)11-25-18(21-23-24-25)13-5-3-2-4-6-13/h2-10,16-17H,11H2,1H3,(H,22,27). The summed E-state index contributed by atoms with van der Waals surface area (Å²) in [5.74, 6) is 0.330. The minimum absolute atomic E-state index is 0.150. The average Bonchev–Trinajstić information content (AvgIpc) is 3.22. The molecule has 1 aliphatic heterocycles. The largest absolute Gasteiger partial charge is 0.497 e. The molecule has 2 aromatic carbocycles. The molecule has 4 rings (SSSR count). The first kappa shape index (κ1) is 18.9. The molecule has 0 spiro atoms. The Hall–Kier alpha value is -3.46. The second kappa shape index (κ2) is 7.88. The fourth-order valence-electron chi connectivity index (χ4n) is 3.11. The molecule has 0 radical (unpaired) electrons. The molecule has 3 aromatic rings. The Labute approximate surface area is 171 Å². The number of hydrogen-bond acceptors (Lipinski definition) is 6. The summed E-state index contributed by atoms with van der Waals surface area (Å²) in [6, 6.07) is 16.0. The predicted molar refractivity (Wildman–Crippen MR) is 104 cm³/mol. The highest BCUT2D eigenvalue weighted by atomic mass is 35.5. The third-order valence-corrected chi connectivity index (χ3v) is 5.01. The molecule has 0 aliphatic carbocycles. The maximum absolute atomic E-state index is 12.5. The van der Waals surface area contributed by atoms with Gasteiger partial charge in [0.25, 0.3) is 11.8 Å². The Balaban J connectivity index is 1.47. The number of nitrogens with zero attached hydrogens (tertiary/aromatic N) is 5. The summed E-state index contributed by atoms with van der Waals surface area (Å²) in [5.41, 5.74) is 4.17. The third-order valence-electron chi connectivity index (χ3n) is 4.59. The van der Waals surface area contributed by atoms with E-state index in [0.29, 0.717) is 11.6 Å². The smallest absolute Gasteiger partial charge is 0.262 e. The van der Waals surface area contributed by atoms with Gasteiger partial charge in [-0.05, 0) is 28.1 Å². The molecule has 29 heavy (non-hydrogen) atoms. The van der Waals surface area contributed by atoms with Crippen LogP contribution in [0.25, 0.3) is 11.4 Å². The second-order valence-electron chi connectivity index (χ2n) is 6.39. The van der Waals surface area contributed by atoms with E-state index in [2.05, 4.69) is 21.0 Å². The highest BCUT2D eigenvalue weighted by molar-refractivity contribution is 6.33. The zero-order valence-electron chi connectivity index (χ0n) is 15.4. The van der Waals surface area contributed by atoms with E-state index in [1.54, 1.807) is 31.4 Å². The molecule has 2 heterocycles. The molecule has 2 unspecified atom stereocenters. The van der Waals surface area contributed by atoms with Crippen LogP contribution >= 0.6 is 11.6 Å². The van der Waals surface area contributed by atoms with Crippen molar-refractivity contribution in [1.82, 2.24) is 30.6 Å². The van der Waals surface area contributed by atoms with Gasteiger partial charge in [0.05, 0.1) is 7.11 Å². The van der Waals surface area contributed by atoms with E-state index in [-0.39, 0.29) is 12.5 Å². The van der Waals surface area contributed by atoms with Gasteiger partial charge >= 0.3 is 0 Å². The summed E-state index contributed by atoms with van der Waals surface area (Å²) in [4.78, 5) is 24.7. The van der Waals surface area contributed by atoms with Crippen LogP contribution in [0.4, 0.5) is 0 Å². The maximum Gasteiger partial charge on any atom is 0.262 e. The van der Waals surface area contributed by atoms with Crippen molar-refractivity contribution in [2.45, 2.75) is 18.0 Å². The van der Waals surface area contributed by atoms with Gasteiger partial charge in [0.2, 0.25) is 0 Å². The first-order valence-electron chi connectivity index (χ1n) is 8.80. The van der Waals surface area contributed by atoms with Gasteiger partial charge in [-0.15, -0.1) is 16.7 Å². The first-order chi connectivity index (χ1) is 14.1. The normalized spacial score (nSPS) is 18.3. The number of β-lactam (4-membered cyclic amide) rings is 1. The summed E-state index contributed by atoms with van der Waals surface area (Å²) in [5, 5.41) is 11.9. The van der Waals surface area contributed by atoms with Gasteiger partial charge in [-0.3, -0.25) is 15.0 Å². The number of benzene rings is 2. The fourth-order valence-corrected chi connectivity index (χ4v) is 3.47. The van der Waals surface area contributed by atoms with Crippen molar-refractivity contribution in [3.8, 4) is 17.1 Å². The number of methoxy groups -OCH3 is 1. The number of hydrazine groups is 1. The van der Waals surface area contributed by atoms with Crippen LogP contribution in [0.3, 0.4) is 0 Å². The molecule has 1 fully saturated rings. The minimum Gasteiger partial charge on any atom is -0.497 e. The summed E-state index contributed by atoms with van der Waals surface area (Å²) >= 11 is 6.19. The first-order valence-corrected chi connectivity index (χ1v) is 9.24. The van der Waals surface area contributed by atoms with Crippen molar-refractivity contribution in [3.05, 3.63) is 60.2 Å². The third kappa shape index (κ3) is 3.64. The number of hydrogen-bond donors (Lipinski definition) is 1. The van der Waals surface area contributed by atoms with Gasteiger partial charge in [-0.25, -0.2) is 9.69 Å². The molecule has 2 amide bonds. The van der Waals surface area contributed by atoms with Crippen LogP contribution in [-0.4, -0.2) is 49.5 Å². The van der Waals surface area contributed by atoms with Gasteiger partial charge in [0.1, 0.15) is 23.7 Å². The predicted octanol–water partition coefficient (Wildman–Crippen LogP) is 1.57. The Bertz CT molecular complexity index is 1020. The van der Waals surface area contributed by atoms with Crippen molar-refractivity contribution in [2.75, 3.05) is 7.11 Å². The molecule has 1 saturated heterocycles. The van der Waals surface area contributed by atoms with Crippen molar-refractivity contribution < 1.29 is 14.3 Å². The molecule has 1 N–H and O–H groups in total. The van der Waals surface area contributed by atoms with Crippen molar-refractivity contribution >= 4 is 23.4 Å². The Morgan fingerprint density at radius 1 is 1.17 bits per heavy atom. The molecule has 10 heteroatoms. The quantitative estimate of drug-likeness (QED) is 0.487. The number of amides is 2. The molecule has 0 saturated carbocycles. The van der Waals surface area contributed by atoms with Gasteiger partial charge in [-0.2, -0.15) is 0 Å². The van der Waals surface area contributed by atoms with E-state index in [4.69, 9.17) is 16.3 Å². The van der Waals surface area contributed by atoms with E-state index in [9.17, 15) is 9.59 Å². The van der Waals surface area contributed by atoms with Gasteiger partial charge in [0.15, 0.2) is 5.82 Å². The number of tetrazole rings is 1. The van der Waals surface area contributed by atoms with Crippen LogP contribution in [0.2, 0.25) is 0 Å². The van der Waals surface area contributed by atoms with Crippen LogP contribution in [0.1, 0.15) is 11.6 Å². The van der Waals surface area contributed by atoms with Crippen molar-refractivity contribution in [2.24, 2.45) is 0 Å². The zero-order valence-corrected chi connectivity index (χ0v) is 16.2. The van der Waals surface area contributed by atoms with E-state index in [1.807, 2.05) is 30.3 Å². The van der Waals surface area contributed by atoms with Crippen molar-refractivity contribution in [1.29, 1.82) is 0 Å². The lowest BCUT2D eigenvalue weighted by Crippen LogP contribution is -2.63. The summed E-state index contributed by atoms with van der Waals surface area (Å²) in [7, 11) is 1.57. The molecular weight excluding hydrogens is 396 g/mol. The Morgan fingerprint density at radius 3 is 2.59 bits per heavy atom. The highest BCUT2D eigenvalue weighted by Gasteiger charge is 2.48. The number of nitrogens with one attached hydrogen (secondary N) is 1. The molecule has 1 aliphatic rings. The van der Waals surface area contributed by atoms with Crippen LogP contribution in [-0.2, 0) is 16.1 Å². The molecular formula is C19H17ClN6O3. The number of rotatable bonds is 6. The number of carbonyl (C=O) groups is 2. The lowest BCUT2D eigenvalue weighted by Gasteiger charge is -2.43. The average molecular weight is 413 g/mol. The van der Waals surface area contributed by atoms with E-state index in [0.717, 1.165) is 11.1 Å². The molecule has 9 nitrogen and oxygen atoms in total. The van der Waals surface area contributed by atoms with Gasteiger partial charge in [0, 0.05) is 5.56 Å². The molecule has 0 bridgehead atoms. The van der Waals surface area contributed by atoms with Crippen LogP contribution in [0, 0.1) is 0 Å². The summed E-state index contributed by atoms with van der Waals surface area (Å²) in [6.07, 6.45) is 0. The lowest BCUT2D eigenvalue weighted by molar-refractivity contribution is -0.156. The number of aromatic nitrogens is 4. The number of alkyl halides is 1. The van der Waals surface area contributed by atoms with E-state index < -0.39 is 17.3 Å². The highest BCUT2D eigenvalue weighted by Crippen LogP contribution is 2.37. The SMILES string of the molecule is COc1ccc(C2C(Cl)C(=O)N2NC(=O)Cn2nnnc2-c2ccccc2)cc1. The van der Waals surface area contributed by atoms with Crippen molar-refractivity contribution in [3.63, 3.8) is 0 Å². The molecule has 2 atom stereocenters. The minimum atomic E-state index is -0.753. The van der Waals surface area contributed by atoms with E-state index >= 15 is 0 Å². The van der Waals surface area contributed by atoms with Gasteiger partial charge < -0.3 is 4.74 Å². The number of halogens is 1. The van der Waals surface area contributed by atoms with Crippen LogP contribution in [0.15, 0.2) is 54.6 Å². The molecule has 148 valence electrons. The maximum atomic E-state index is 12.5. The van der Waals surface area contributed by atoms with Crippen LogP contribution < -0.4 is 10.2 Å². The Kier molecular flexibility index (Phi) is 5.13. The number of ether oxygens (including phenoxy) is 1. The topological polar surface area (TPSA) is 102 Å². The van der Waals surface area contributed by atoms with Crippen LogP contribution in [0.5, 0.6) is 5.75 Å². The number of carbonyl (C=O) groups excluding carboxylic acids is 2. The fraction of sp³-hybridized carbons (Fsp3) is 0.211. The summed E-state index contributed by atoms with van der Waals surface area (Å²) in [6.45, 7) is -0.150. The van der Waals surface area contributed by atoms with Gasteiger partial charge in [-0.1, -0.05) is 42.5 Å².